The molecule has 0 saturated heterocycles. The van der Waals surface area contributed by atoms with E-state index in [-0.39, 0.29) is 0 Å². The molecule has 18 heavy (non-hydrogen) atoms. The molecule has 0 saturated carbocycles. The van der Waals surface area contributed by atoms with Gasteiger partial charge in [0.05, 0.1) is 5.69 Å². The molecule has 2 rings (SSSR count). The summed E-state index contributed by atoms with van der Waals surface area (Å²) >= 11 is 1.52. The Labute approximate surface area is 110 Å². The van der Waals surface area contributed by atoms with Gasteiger partial charge in [0, 0.05) is 17.2 Å². The minimum atomic E-state index is 0.545. The van der Waals surface area contributed by atoms with Crippen LogP contribution in [0.4, 0.5) is 5.13 Å². The maximum Gasteiger partial charge on any atom is 0.188 e. The molecule has 0 unspecified atom stereocenters. The van der Waals surface area contributed by atoms with Gasteiger partial charge in [-0.1, -0.05) is 49.6 Å². The van der Waals surface area contributed by atoms with E-state index >= 15 is 0 Å². The molecule has 0 bridgehead atoms. The fourth-order valence-corrected chi connectivity index (χ4v) is 2.11. The molecule has 0 radical (unpaired) electrons. The van der Waals surface area contributed by atoms with Gasteiger partial charge in [-0.3, -0.25) is 0 Å². The van der Waals surface area contributed by atoms with Crippen LogP contribution in [0.2, 0.25) is 0 Å². The summed E-state index contributed by atoms with van der Waals surface area (Å²) in [6.07, 6.45) is 3.19. The smallest absolute Gasteiger partial charge is 0.188 e. The first kappa shape index (κ1) is 12.3. The highest BCUT2D eigenvalue weighted by molar-refractivity contribution is 7.14. The number of hydrogen-bond donors (Lipinski definition) is 1. The number of hydrogen-bond acceptors (Lipinski definition) is 4. The normalized spacial score (nSPS) is 10.4. The molecule has 0 fully saturated rings. The van der Waals surface area contributed by atoms with Crippen molar-refractivity contribution in [2.45, 2.75) is 0 Å². The number of thiazole rings is 1. The fourth-order valence-electron chi connectivity index (χ4n) is 1.37. The minimum absolute atomic E-state index is 0.545. The molecule has 0 aliphatic rings. The maximum absolute atomic E-state index is 4.48. The fraction of sp³-hybridized carbons (Fsp3) is 0. The molecule has 1 aromatic carbocycles. The van der Waals surface area contributed by atoms with Crippen LogP contribution in [0.5, 0.6) is 0 Å². The lowest BCUT2D eigenvalue weighted by atomic mass is 10.2. The monoisotopic (exact) mass is 255 g/mol. The third kappa shape index (κ3) is 3.15. The standard InChI is InChI=1S/C14H13N3S/c1-3-9-15-11(2)16-14-17-13(10-18-14)12-7-5-4-6-8-12/h3-10H,1-2H2,(H,16,17). The van der Waals surface area contributed by atoms with E-state index in [0.717, 1.165) is 16.4 Å². The van der Waals surface area contributed by atoms with Gasteiger partial charge in [0.2, 0.25) is 0 Å². The van der Waals surface area contributed by atoms with Crippen molar-refractivity contribution in [3.8, 4) is 11.3 Å². The first-order valence-corrected chi connectivity index (χ1v) is 6.29. The summed E-state index contributed by atoms with van der Waals surface area (Å²) in [5.74, 6) is 0.545. The average molecular weight is 255 g/mol. The van der Waals surface area contributed by atoms with E-state index < -0.39 is 0 Å². The van der Waals surface area contributed by atoms with Crippen LogP contribution < -0.4 is 5.32 Å². The number of aromatic nitrogens is 1. The summed E-state index contributed by atoms with van der Waals surface area (Å²) in [6.45, 7) is 7.33. The van der Waals surface area contributed by atoms with Gasteiger partial charge in [0.15, 0.2) is 5.13 Å². The molecule has 3 nitrogen and oxygen atoms in total. The van der Waals surface area contributed by atoms with Crippen molar-refractivity contribution in [1.82, 2.24) is 4.98 Å². The largest absolute Gasteiger partial charge is 0.317 e. The van der Waals surface area contributed by atoms with E-state index in [1.165, 1.54) is 11.3 Å². The highest BCUT2D eigenvalue weighted by Gasteiger charge is 2.03. The summed E-state index contributed by atoms with van der Waals surface area (Å²) in [7, 11) is 0. The second kappa shape index (κ2) is 5.93. The summed E-state index contributed by atoms with van der Waals surface area (Å²) in [6, 6.07) is 10.0. The molecule has 0 atom stereocenters. The number of nitrogens with zero attached hydrogens (tertiary/aromatic N) is 2. The van der Waals surface area contributed by atoms with Crippen molar-refractivity contribution < 1.29 is 0 Å². The second-order valence-corrected chi connectivity index (χ2v) is 4.35. The molecule has 0 aliphatic carbocycles. The number of rotatable bonds is 5. The zero-order valence-corrected chi connectivity index (χ0v) is 10.7. The Morgan fingerprint density at radius 1 is 1.33 bits per heavy atom. The summed E-state index contributed by atoms with van der Waals surface area (Å²) in [5, 5.41) is 5.81. The zero-order valence-electron chi connectivity index (χ0n) is 9.84. The maximum atomic E-state index is 4.48. The number of aliphatic imine (C=N–C) groups is 1. The Balaban J connectivity index is 2.09. The summed E-state index contributed by atoms with van der Waals surface area (Å²) in [4.78, 5) is 8.51. The van der Waals surface area contributed by atoms with Crippen molar-refractivity contribution in [2.75, 3.05) is 5.32 Å². The van der Waals surface area contributed by atoms with Gasteiger partial charge in [-0.15, -0.1) is 11.3 Å². The van der Waals surface area contributed by atoms with Gasteiger partial charge in [0.25, 0.3) is 0 Å². The van der Waals surface area contributed by atoms with Crippen LogP contribution in [0, 0.1) is 0 Å². The van der Waals surface area contributed by atoms with Gasteiger partial charge in [-0.25, -0.2) is 9.98 Å². The molecule has 0 amide bonds. The van der Waals surface area contributed by atoms with Crippen LogP contribution >= 0.6 is 11.3 Å². The zero-order chi connectivity index (χ0) is 12.8. The molecule has 1 heterocycles. The van der Waals surface area contributed by atoms with Crippen LogP contribution in [0.1, 0.15) is 0 Å². The van der Waals surface area contributed by atoms with Crippen molar-refractivity contribution >= 4 is 22.7 Å². The molecular weight excluding hydrogens is 242 g/mol. The van der Waals surface area contributed by atoms with Crippen molar-refractivity contribution in [3.63, 3.8) is 0 Å². The van der Waals surface area contributed by atoms with E-state index in [4.69, 9.17) is 0 Å². The van der Waals surface area contributed by atoms with Gasteiger partial charge in [-0.05, 0) is 0 Å². The Hall–Kier alpha value is -2.20. The molecule has 1 aromatic heterocycles. The Morgan fingerprint density at radius 2 is 2.11 bits per heavy atom. The van der Waals surface area contributed by atoms with Crippen molar-refractivity contribution in [1.29, 1.82) is 0 Å². The van der Waals surface area contributed by atoms with Gasteiger partial charge in [-0.2, -0.15) is 0 Å². The molecule has 1 N–H and O–H groups in total. The molecule has 2 aromatic rings. The first-order chi connectivity index (χ1) is 8.79. The predicted molar refractivity (Wildman–Crippen MR) is 79.0 cm³/mol. The molecular formula is C14H13N3S. The van der Waals surface area contributed by atoms with Crippen molar-refractivity contribution in [3.05, 3.63) is 60.8 Å². The van der Waals surface area contributed by atoms with Crippen LogP contribution in [0.25, 0.3) is 11.3 Å². The molecule has 0 aliphatic heterocycles. The second-order valence-electron chi connectivity index (χ2n) is 3.49. The van der Waals surface area contributed by atoms with E-state index in [9.17, 15) is 0 Å². The van der Waals surface area contributed by atoms with Gasteiger partial charge >= 0.3 is 0 Å². The van der Waals surface area contributed by atoms with Crippen molar-refractivity contribution in [2.24, 2.45) is 4.99 Å². The number of benzene rings is 1. The average Bonchev–Trinajstić information content (AvgIpc) is 2.86. The van der Waals surface area contributed by atoms with E-state index in [2.05, 4.69) is 28.5 Å². The SMILES string of the molecule is C=CC=NC(=C)Nc1nc(-c2ccccc2)cs1. The third-order valence-electron chi connectivity index (χ3n) is 2.16. The van der Waals surface area contributed by atoms with Crippen LogP contribution in [0.15, 0.2) is 65.8 Å². The molecule has 0 spiro atoms. The first-order valence-electron chi connectivity index (χ1n) is 5.41. The quantitative estimate of drug-likeness (QED) is 0.821. The van der Waals surface area contributed by atoms with E-state index in [1.54, 1.807) is 12.3 Å². The predicted octanol–water partition coefficient (Wildman–Crippen LogP) is 3.95. The molecule has 4 heteroatoms. The number of anilines is 1. The van der Waals surface area contributed by atoms with Crippen LogP contribution in [-0.2, 0) is 0 Å². The Morgan fingerprint density at radius 3 is 2.83 bits per heavy atom. The topological polar surface area (TPSA) is 37.3 Å². The molecule has 90 valence electrons. The Bertz CT molecular complexity index is 570. The van der Waals surface area contributed by atoms with Crippen LogP contribution in [-0.4, -0.2) is 11.2 Å². The Kier molecular flexibility index (Phi) is 4.04. The summed E-state index contributed by atoms with van der Waals surface area (Å²) in [5.41, 5.74) is 2.05. The summed E-state index contributed by atoms with van der Waals surface area (Å²) < 4.78 is 0. The highest BCUT2D eigenvalue weighted by Crippen LogP contribution is 2.25. The van der Waals surface area contributed by atoms with E-state index in [1.807, 2.05) is 35.7 Å². The highest BCUT2D eigenvalue weighted by atomic mass is 32.1. The minimum Gasteiger partial charge on any atom is -0.317 e. The van der Waals surface area contributed by atoms with Crippen LogP contribution in [0.3, 0.4) is 0 Å². The number of allylic oxidation sites excluding steroid dienone is 1. The van der Waals surface area contributed by atoms with E-state index in [0.29, 0.717) is 5.82 Å². The van der Waals surface area contributed by atoms with Gasteiger partial charge < -0.3 is 5.32 Å². The lowest BCUT2D eigenvalue weighted by Gasteiger charge is -1.99. The lowest BCUT2D eigenvalue weighted by Crippen LogP contribution is -1.94. The third-order valence-corrected chi connectivity index (χ3v) is 2.92. The van der Waals surface area contributed by atoms with Gasteiger partial charge in [0.1, 0.15) is 5.82 Å². The lowest BCUT2D eigenvalue weighted by molar-refractivity contribution is 1.29. The number of nitrogens with one attached hydrogen (secondary N) is 1.